The van der Waals surface area contributed by atoms with Gasteiger partial charge >= 0.3 is 0 Å². The molecule has 6 aliphatic carbocycles. The lowest BCUT2D eigenvalue weighted by atomic mass is 9.44. The smallest absolute Gasteiger partial charge is 0.0321 e. The van der Waals surface area contributed by atoms with Gasteiger partial charge in [0.1, 0.15) is 0 Å². The normalized spacial score (nSPS) is 47.9. The van der Waals surface area contributed by atoms with Gasteiger partial charge in [0, 0.05) is 11.0 Å². The highest BCUT2D eigenvalue weighted by atomic mass is 14.9. The van der Waals surface area contributed by atoms with Crippen LogP contribution in [0, 0.1) is 75.9 Å². The Kier molecular flexibility index (Phi) is 7.26. The molecular weight excluding hydrogens is 458 g/mol. The van der Waals surface area contributed by atoms with Crippen LogP contribution in [0.25, 0.3) is 0 Å². The molecule has 0 heterocycles. The minimum atomic E-state index is 0.0768. The Bertz CT molecular complexity index is 898. The molecule has 0 saturated heterocycles. The SMILES string of the molecule is CCC(CC1CC2=CC23C2CCC4(C)C(C(C)CCC(C)C(C)C)CCC4C2C(CC)CC13N)C1CCC1. The second-order valence-electron chi connectivity index (χ2n) is 16.7. The molecule has 5 fully saturated rings. The van der Waals surface area contributed by atoms with Crippen LogP contribution in [0.2, 0.25) is 0 Å². The summed E-state index contributed by atoms with van der Waals surface area (Å²) in [6.45, 7) is 17.7. The van der Waals surface area contributed by atoms with Crippen LogP contribution in [0.5, 0.6) is 0 Å². The molecule has 0 aromatic carbocycles. The van der Waals surface area contributed by atoms with Crippen molar-refractivity contribution in [3.8, 4) is 0 Å². The second kappa shape index (κ2) is 9.91. The molecular formula is C37H63N. The van der Waals surface area contributed by atoms with Crippen LogP contribution in [-0.2, 0) is 0 Å². The molecule has 12 unspecified atom stereocenters. The van der Waals surface area contributed by atoms with Crippen molar-refractivity contribution in [2.45, 2.75) is 144 Å². The maximum Gasteiger partial charge on any atom is 0.0321 e. The highest BCUT2D eigenvalue weighted by molar-refractivity contribution is 5.53. The zero-order valence-corrected chi connectivity index (χ0v) is 26.4. The molecule has 216 valence electrons. The largest absolute Gasteiger partial charge is 0.324 e. The summed E-state index contributed by atoms with van der Waals surface area (Å²) < 4.78 is 0. The molecule has 0 aromatic rings. The van der Waals surface area contributed by atoms with Crippen LogP contribution in [0.1, 0.15) is 138 Å². The lowest BCUT2D eigenvalue weighted by molar-refractivity contribution is -0.105. The lowest BCUT2D eigenvalue weighted by Gasteiger charge is -2.62. The third-order valence-corrected chi connectivity index (χ3v) is 15.3. The van der Waals surface area contributed by atoms with Gasteiger partial charge in [-0.15, -0.1) is 0 Å². The van der Waals surface area contributed by atoms with Crippen molar-refractivity contribution in [3.63, 3.8) is 0 Å². The standard InChI is InChI=1S/C37H63N/c1-8-26(28-11-10-12-28)19-29-20-30-22-36(30)33-17-18-35(7)31(25(6)14-13-24(5)23(3)4)15-16-32(35)34(33)27(9-2)21-37(29,36)38/h22-29,31-34H,8-21,38H2,1-7H3. The summed E-state index contributed by atoms with van der Waals surface area (Å²) in [5.74, 6) is 9.84. The van der Waals surface area contributed by atoms with Gasteiger partial charge < -0.3 is 5.73 Å². The highest BCUT2D eigenvalue weighted by Gasteiger charge is 2.75. The molecule has 5 saturated carbocycles. The van der Waals surface area contributed by atoms with Gasteiger partial charge in [0.05, 0.1) is 0 Å². The monoisotopic (exact) mass is 521 g/mol. The predicted octanol–water partition coefficient (Wildman–Crippen LogP) is 10.0. The third-order valence-electron chi connectivity index (χ3n) is 15.3. The third kappa shape index (κ3) is 3.92. The topological polar surface area (TPSA) is 26.0 Å². The van der Waals surface area contributed by atoms with E-state index in [9.17, 15) is 0 Å². The maximum atomic E-state index is 7.81. The molecule has 6 aliphatic rings. The average Bonchev–Trinajstić information content (AvgIpc) is 3.38. The molecule has 0 aromatic heterocycles. The molecule has 1 heteroatoms. The number of hydrogen-bond donors (Lipinski definition) is 1. The molecule has 0 radical (unpaired) electrons. The number of fused-ring (bicyclic) bond motifs is 3. The van der Waals surface area contributed by atoms with Crippen molar-refractivity contribution >= 4 is 0 Å². The number of rotatable bonds is 10. The van der Waals surface area contributed by atoms with Crippen LogP contribution >= 0.6 is 0 Å². The van der Waals surface area contributed by atoms with Crippen LogP contribution in [-0.4, -0.2) is 5.54 Å². The van der Waals surface area contributed by atoms with E-state index in [0.29, 0.717) is 10.8 Å². The fraction of sp³-hybridized carbons (Fsp3) is 0.946. The molecule has 2 N–H and O–H groups in total. The van der Waals surface area contributed by atoms with E-state index in [2.05, 4.69) is 54.5 Å². The summed E-state index contributed by atoms with van der Waals surface area (Å²) >= 11 is 0. The first-order valence-electron chi connectivity index (χ1n) is 17.6. The minimum absolute atomic E-state index is 0.0768. The Morgan fingerprint density at radius 3 is 2.37 bits per heavy atom. The van der Waals surface area contributed by atoms with E-state index < -0.39 is 0 Å². The maximum absolute atomic E-state index is 7.81. The summed E-state index contributed by atoms with van der Waals surface area (Å²) in [6.07, 6.45) is 22.9. The Morgan fingerprint density at radius 2 is 1.74 bits per heavy atom. The van der Waals surface area contributed by atoms with Crippen LogP contribution in [0.15, 0.2) is 11.6 Å². The number of nitrogens with two attached hydrogens (primary N) is 1. The molecule has 1 spiro atoms. The molecule has 1 nitrogen and oxygen atoms in total. The van der Waals surface area contributed by atoms with Gasteiger partial charge in [-0.2, -0.15) is 0 Å². The first-order chi connectivity index (χ1) is 18.1. The fourth-order valence-corrected chi connectivity index (χ4v) is 12.4. The molecule has 6 rings (SSSR count). The lowest BCUT2D eigenvalue weighted by Crippen LogP contribution is -2.64. The van der Waals surface area contributed by atoms with Gasteiger partial charge in [0.2, 0.25) is 0 Å². The summed E-state index contributed by atoms with van der Waals surface area (Å²) in [4.78, 5) is 0. The zero-order chi connectivity index (χ0) is 27.0. The van der Waals surface area contributed by atoms with Gasteiger partial charge in [0.25, 0.3) is 0 Å². The summed E-state index contributed by atoms with van der Waals surface area (Å²) in [6, 6.07) is 0. The summed E-state index contributed by atoms with van der Waals surface area (Å²) in [5, 5.41) is 0. The predicted molar refractivity (Wildman–Crippen MR) is 163 cm³/mol. The van der Waals surface area contributed by atoms with E-state index in [0.717, 1.165) is 65.1 Å². The Balaban J connectivity index is 1.21. The van der Waals surface area contributed by atoms with Gasteiger partial charge in [-0.1, -0.05) is 105 Å². The minimum Gasteiger partial charge on any atom is -0.324 e. The molecule has 0 amide bonds. The zero-order valence-electron chi connectivity index (χ0n) is 26.4. The second-order valence-corrected chi connectivity index (χ2v) is 16.7. The molecule has 12 atom stereocenters. The van der Waals surface area contributed by atoms with Crippen LogP contribution in [0.3, 0.4) is 0 Å². The molecule has 0 bridgehead atoms. The van der Waals surface area contributed by atoms with E-state index >= 15 is 0 Å². The van der Waals surface area contributed by atoms with Crippen molar-refractivity contribution in [1.29, 1.82) is 0 Å². The van der Waals surface area contributed by atoms with E-state index in [1.165, 1.54) is 89.9 Å². The van der Waals surface area contributed by atoms with Gasteiger partial charge in [-0.3, -0.25) is 0 Å². The fourth-order valence-electron chi connectivity index (χ4n) is 12.4. The Morgan fingerprint density at radius 1 is 0.974 bits per heavy atom. The first-order valence-corrected chi connectivity index (χ1v) is 17.6. The van der Waals surface area contributed by atoms with Gasteiger partial charge in [-0.05, 0) is 115 Å². The van der Waals surface area contributed by atoms with Gasteiger partial charge in [-0.25, -0.2) is 0 Å². The van der Waals surface area contributed by atoms with E-state index in [-0.39, 0.29) is 5.54 Å². The van der Waals surface area contributed by atoms with E-state index in [1.807, 2.05) is 5.57 Å². The van der Waals surface area contributed by atoms with E-state index in [4.69, 9.17) is 5.73 Å². The summed E-state index contributed by atoms with van der Waals surface area (Å²) in [5.41, 5.74) is 10.6. The average molecular weight is 522 g/mol. The van der Waals surface area contributed by atoms with Crippen molar-refractivity contribution in [1.82, 2.24) is 0 Å². The van der Waals surface area contributed by atoms with Crippen molar-refractivity contribution in [2.75, 3.05) is 0 Å². The van der Waals surface area contributed by atoms with Crippen LogP contribution in [0.4, 0.5) is 0 Å². The van der Waals surface area contributed by atoms with Crippen LogP contribution < -0.4 is 5.73 Å². The number of hydrogen-bond acceptors (Lipinski definition) is 1. The van der Waals surface area contributed by atoms with E-state index in [1.54, 1.807) is 0 Å². The van der Waals surface area contributed by atoms with Crippen molar-refractivity contribution in [3.05, 3.63) is 11.6 Å². The summed E-state index contributed by atoms with van der Waals surface area (Å²) in [7, 11) is 0. The molecule has 0 aliphatic heterocycles. The van der Waals surface area contributed by atoms with Crippen molar-refractivity contribution in [2.24, 2.45) is 81.7 Å². The highest BCUT2D eigenvalue weighted by Crippen LogP contribution is 2.78. The Hall–Kier alpha value is -0.300. The van der Waals surface area contributed by atoms with Crippen molar-refractivity contribution < 1.29 is 0 Å². The first kappa shape index (κ1) is 27.8. The quantitative estimate of drug-likeness (QED) is 0.284. The van der Waals surface area contributed by atoms with Gasteiger partial charge in [0.15, 0.2) is 0 Å². The molecule has 38 heavy (non-hydrogen) atoms. The Labute approximate surface area is 236 Å².